The van der Waals surface area contributed by atoms with E-state index in [0.717, 1.165) is 0 Å². The second kappa shape index (κ2) is 12.3. The normalized spacial score (nSPS) is 19.7. The average molecular weight is 671 g/mol. The van der Waals surface area contributed by atoms with Gasteiger partial charge < -0.3 is 8.83 Å². The number of hydrogen-bond donors (Lipinski definition) is 1. The molecule has 0 saturated carbocycles. The Balaban J connectivity index is 1.41. The molecule has 0 saturated heterocycles. The van der Waals surface area contributed by atoms with Gasteiger partial charge in [-0.2, -0.15) is 0 Å². The first-order chi connectivity index (χ1) is 35.9. The van der Waals surface area contributed by atoms with Crippen molar-refractivity contribution in [2.45, 2.75) is 0 Å². The molecular formula is C45H29N3O2. The summed E-state index contributed by atoms with van der Waals surface area (Å²) < 4.78 is 246. The number of para-hydroxylation sites is 2. The fourth-order valence-corrected chi connectivity index (χ4v) is 4.93. The van der Waals surface area contributed by atoms with Gasteiger partial charge in [-0.05, 0) is 58.5 Å². The van der Waals surface area contributed by atoms with Gasteiger partial charge in [-0.15, -0.1) is 0 Å². The van der Waals surface area contributed by atoms with Crippen molar-refractivity contribution in [3.63, 3.8) is 0 Å². The zero-order valence-electron chi connectivity index (χ0n) is 51.8. The fraction of sp³-hybridized carbons (Fsp3) is 0. The SMILES string of the molecule is [2H]c1c([2H])c([2H])c(-c2c([2H])c([2H])c(C(=N)N=C(N=Cc3c([2H])c([2H])c([2H])c4c3oc3c([2H])c([2H])c([2H])c([2H])c34)c3c([2H])c([2H])c4oc5c([2H])c([2H])c([2H])c(-c6c([2H])c([2H])c([2H])c([2H])c6[2H])c5c4c3[2H])c([2H])c2[2H])c([2H])c1[2H]. The van der Waals surface area contributed by atoms with Crippen molar-refractivity contribution in [1.29, 1.82) is 5.41 Å². The third kappa shape index (κ3) is 5.27. The predicted octanol–water partition coefficient (Wildman–Crippen LogP) is 11.7. The monoisotopic (exact) mass is 670 g/mol. The molecule has 0 amide bonds. The molecule has 0 unspecified atom stereocenters. The van der Waals surface area contributed by atoms with E-state index < -0.39 is 252 Å². The van der Waals surface area contributed by atoms with Crippen LogP contribution in [0.2, 0.25) is 0 Å². The molecule has 0 fully saturated rings. The Morgan fingerprint density at radius 1 is 0.540 bits per heavy atom. The summed E-state index contributed by atoms with van der Waals surface area (Å²) >= 11 is 0. The maximum absolute atomic E-state index is 9.72. The molecule has 0 bridgehead atoms. The van der Waals surface area contributed by atoms with Crippen LogP contribution in [0, 0.1) is 5.41 Å². The van der Waals surface area contributed by atoms with E-state index in [2.05, 4.69) is 9.98 Å². The van der Waals surface area contributed by atoms with E-state index >= 15 is 0 Å². The summed E-state index contributed by atoms with van der Waals surface area (Å²) in [6.07, 6.45) is 0.693. The van der Waals surface area contributed by atoms with Crippen molar-refractivity contribution >= 4 is 61.8 Å². The van der Waals surface area contributed by atoms with Crippen molar-refractivity contribution in [2.75, 3.05) is 0 Å². The van der Waals surface area contributed by atoms with Crippen LogP contribution in [-0.4, -0.2) is 17.9 Å². The Hall–Kier alpha value is -6.85. The molecule has 7 aromatic carbocycles. The highest BCUT2D eigenvalue weighted by Crippen LogP contribution is 2.37. The van der Waals surface area contributed by atoms with Crippen molar-refractivity contribution in [1.82, 2.24) is 0 Å². The first-order valence-corrected chi connectivity index (χ1v) is 14.3. The van der Waals surface area contributed by atoms with Crippen molar-refractivity contribution in [3.8, 4) is 22.3 Å². The van der Waals surface area contributed by atoms with E-state index in [1.54, 1.807) is 0 Å². The van der Waals surface area contributed by atoms with Crippen LogP contribution in [0.4, 0.5) is 0 Å². The number of aliphatic imine (C=N–C) groups is 2. The average Bonchev–Trinajstić information content (AvgIpc) is 4.04. The zero-order chi connectivity index (χ0) is 56.9. The molecule has 5 heteroatoms. The van der Waals surface area contributed by atoms with Crippen molar-refractivity contribution < 1.29 is 45.8 Å². The number of amidine groups is 2. The van der Waals surface area contributed by atoms with Crippen LogP contribution in [0.3, 0.4) is 0 Å². The summed E-state index contributed by atoms with van der Waals surface area (Å²) in [5.74, 6) is -2.30. The van der Waals surface area contributed by atoms with Gasteiger partial charge in [0.05, 0.1) is 37.0 Å². The molecule has 2 aromatic heterocycles. The minimum atomic E-state index is -1.25. The minimum absolute atomic E-state index is 0.364. The molecular weight excluding hydrogens is 615 g/mol. The highest BCUT2D eigenvalue weighted by Gasteiger charge is 2.16. The summed E-state index contributed by atoms with van der Waals surface area (Å²) in [7, 11) is 0. The maximum atomic E-state index is 9.72. The smallest absolute Gasteiger partial charge is 0.161 e. The Bertz CT molecular complexity index is 4240. The van der Waals surface area contributed by atoms with Crippen LogP contribution in [0.25, 0.3) is 66.1 Å². The first-order valence-electron chi connectivity index (χ1n) is 27.8. The van der Waals surface area contributed by atoms with Crippen LogP contribution in [0.1, 0.15) is 53.7 Å². The van der Waals surface area contributed by atoms with Crippen LogP contribution < -0.4 is 0 Å². The van der Waals surface area contributed by atoms with Crippen LogP contribution in [-0.2, 0) is 0 Å². The molecule has 0 aliphatic heterocycles. The molecule has 236 valence electrons. The van der Waals surface area contributed by atoms with E-state index in [4.69, 9.17) is 41.7 Å². The van der Waals surface area contributed by atoms with E-state index in [1.165, 1.54) is 0 Å². The van der Waals surface area contributed by atoms with Gasteiger partial charge in [-0.25, -0.2) is 9.98 Å². The number of rotatable bonds is 5. The van der Waals surface area contributed by atoms with Gasteiger partial charge in [-0.3, -0.25) is 5.41 Å². The lowest BCUT2D eigenvalue weighted by atomic mass is 9.99. The summed E-state index contributed by atoms with van der Waals surface area (Å²) in [6.45, 7) is 0. The largest absolute Gasteiger partial charge is 0.456 e. The molecule has 9 aromatic rings. The highest BCUT2D eigenvalue weighted by atomic mass is 16.3. The second-order valence-corrected chi connectivity index (χ2v) is 10.1. The molecule has 0 atom stereocenters. The number of nitrogens with zero attached hydrogens (tertiary/aromatic N) is 2. The standard InChI is InChI=1S/C45H29N3O2/c46-44(32-23-21-30(22-24-32)29-11-3-1-4-12-29)48-45(47-28-34-15-9-18-37-36-16-7-8-19-39(36)50-43(34)37)33-25-26-40-38(27-33)42-35(17-10-20-41(42)49-40)31-13-5-2-6-14-31/h1-28,46H/i1D,2D,3D,4D,5D,6D,7D,8D,9D,10D,11D,12D,13D,14D,15D,16D,17D,18D,19D,20D,21D,22D,23D,24D,25D,26D,27D. The summed E-state index contributed by atoms with van der Waals surface area (Å²) in [5, 5.41) is 7.33. The highest BCUT2D eigenvalue weighted by molar-refractivity contribution is 6.19. The van der Waals surface area contributed by atoms with Crippen LogP contribution in [0.5, 0.6) is 0 Å². The lowest BCUT2D eigenvalue weighted by Crippen LogP contribution is -2.05. The second-order valence-electron chi connectivity index (χ2n) is 10.1. The number of benzene rings is 7. The first kappa shape index (κ1) is 12.6. The molecule has 0 aliphatic rings. The van der Waals surface area contributed by atoms with Gasteiger partial charge in [0, 0.05) is 44.4 Å². The molecule has 0 radical (unpaired) electrons. The summed E-state index contributed by atoms with van der Waals surface area (Å²) in [4.78, 5) is 8.43. The number of nitrogens with one attached hydrogen (secondary N) is 1. The minimum Gasteiger partial charge on any atom is -0.456 e. The lowest BCUT2D eigenvalue weighted by molar-refractivity contribution is 0.668. The van der Waals surface area contributed by atoms with Gasteiger partial charge in [0.1, 0.15) is 22.3 Å². The fourth-order valence-electron chi connectivity index (χ4n) is 4.93. The predicted molar refractivity (Wildman–Crippen MR) is 206 cm³/mol. The Kier molecular flexibility index (Phi) is 3.09. The third-order valence-corrected chi connectivity index (χ3v) is 7.16. The zero-order valence-corrected chi connectivity index (χ0v) is 24.8. The number of hydrogen-bond acceptors (Lipinski definition) is 3. The lowest BCUT2D eigenvalue weighted by Gasteiger charge is -2.07. The van der Waals surface area contributed by atoms with Crippen molar-refractivity contribution in [3.05, 3.63) is 180 Å². The Morgan fingerprint density at radius 2 is 1.18 bits per heavy atom. The summed E-state index contributed by atoms with van der Waals surface area (Å²) in [6, 6.07) is -23.8. The van der Waals surface area contributed by atoms with Crippen molar-refractivity contribution in [2.24, 2.45) is 9.98 Å². The van der Waals surface area contributed by atoms with Gasteiger partial charge in [0.25, 0.3) is 0 Å². The molecule has 0 spiro atoms. The third-order valence-electron chi connectivity index (χ3n) is 7.16. The quantitative estimate of drug-likeness (QED) is 0.146. The Labute approximate surface area is 325 Å². The Morgan fingerprint density at radius 3 is 2.00 bits per heavy atom. The number of fused-ring (bicyclic) bond motifs is 6. The van der Waals surface area contributed by atoms with E-state index in [-0.39, 0.29) is 5.39 Å². The number of furan rings is 2. The molecule has 5 nitrogen and oxygen atoms in total. The topological polar surface area (TPSA) is 74.8 Å². The molecule has 9 rings (SSSR count). The van der Waals surface area contributed by atoms with Gasteiger partial charge in [0.15, 0.2) is 11.7 Å². The van der Waals surface area contributed by atoms with Crippen LogP contribution >= 0.6 is 0 Å². The summed E-state index contributed by atoms with van der Waals surface area (Å²) in [5.41, 5.74) is -7.61. The molecule has 50 heavy (non-hydrogen) atoms. The van der Waals surface area contributed by atoms with Gasteiger partial charge in [0.2, 0.25) is 0 Å². The van der Waals surface area contributed by atoms with E-state index in [1.807, 2.05) is 0 Å². The molecule has 2 heterocycles. The van der Waals surface area contributed by atoms with Gasteiger partial charge >= 0.3 is 0 Å². The molecule has 0 aliphatic carbocycles. The van der Waals surface area contributed by atoms with Crippen LogP contribution in [0.15, 0.2) is 182 Å². The molecule has 1 N–H and O–H groups in total. The van der Waals surface area contributed by atoms with E-state index in [9.17, 15) is 9.52 Å². The maximum Gasteiger partial charge on any atom is 0.161 e. The van der Waals surface area contributed by atoms with E-state index in [0.29, 0.717) is 6.21 Å². The van der Waals surface area contributed by atoms with Gasteiger partial charge in [-0.1, -0.05) is 127 Å².